The van der Waals surface area contributed by atoms with Crippen LogP contribution >= 0.6 is 11.6 Å². The second-order valence-corrected chi connectivity index (χ2v) is 5.48. The van der Waals surface area contributed by atoms with E-state index in [-0.39, 0.29) is 11.2 Å². The zero-order valence-corrected chi connectivity index (χ0v) is 11.5. The summed E-state index contributed by atoms with van der Waals surface area (Å²) in [6, 6.07) is 7.52. The first-order valence-electron chi connectivity index (χ1n) is 6.05. The Kier molecular flexibility index (Phi) is 3.88. The second-order valence-electron chi connectivity index (χ2n) is 5.04. The highest BCUT2D eigenvalue weighted by Gasteiger charge is 2.40. The van der Waals surface area contributed by atoms with Crippen LogP contribution in [0.4, 0.5) is 0 Å². The highest BCUT2D eigenvalue weighted by molar-refractivity contribution is 6.30. The molecule has 2 rings (SSSR count). The molecule has 1 aromatic rings. The van der Waals surface area contributed by atoms with E-state index in [1.54, 1.807) is 7.11 Å². The molecule has 1 unspecified atom stereocenters. The number of ether oxygens (including phenoxy) is 1. The largest absolute Gasteiger partial charge is 0.384 e. The fourth-order valence-electron chi connectivity index (χ4n) is 2.38. The summed E-state index contributed by atoms with van der Waals surface area (Å²) in [4.78, 5) is 12.3. The van der Waals surface area contributed by atoms with Gasteiger partial charge in [0, 0.05) is 12.1 Å². The van der Waals surface area contributed by atoms with Crippen molar-refractivity contribution in [2.45, 2.75) is 19.8 Å². The molecule has 0 amide bonds. The Labute approximate surface area is 113 Å². The van der Waals surface area contributed by atoms with E-state index >= 15 is 0 Å². The summed E-state index contributed by atoms with van der Waals surface area (Å²) in [5, 5.41) is 0.708. The van der Waals surface area contributed by atoms with Crippen LogP contribution in [0.3, 0.4) is 0 Å². The lowest BCUT2D eigenvalue weighted by molar-refractivity contribution is -0.124. The number of halogens is 1. The van der Waals surface area contributed by atoms with E-state index < -0.39 is 0 Å². The summed E-state index contributed by atoms with van der Waals surface area (Å²) >= 11 is 5.84. The molecule has 1 fully saturated rings. The third kappa shape index (κ3) is 2.65. The molecule has 0 aliphatic heterocycles. The van der Waals surface area contributed by atoms with E-state index in [4.69, 9.17) is 16.3 Å². The number of allylic oxidation sites excluding steroid dienone is 1. The van der Waals surface area contributed by atoms with E-state index in [1.807, 2.05) is 37.3 Å². The standard InChI is InChI=1S/C15H17ClO2/c1-15(10-18-2)8-7-12(14(15)17)9-11-3-5-13(16)6-4-11/h3-6,9H,7-8,10H2,1-2H3. The molecule has 1 aliphatic rings. The lowest BCUT2D eigenvalue weighted by Crippen LogP contribution is -2.27. The molecule has 18 heavy (non-hydrogen) atoms. The van der Waals surface area contributed by atoms with Crippen molar-refractivity contribution in [1.29, 1.82) is 0 Å². The molecule has 0 heterocycles. The van der Waals surface area contributed by atoms with Gasteiger partial charge in [0.1, 0.15) is 0 Å². The third-order valence-corrected chi connectivity index (χ3v) is 3.71. The summed E-state index contributed by atoms with van der Waals surface area (Å²) in [7, 11) is 1.64. The Hall–Kier alpha value is -1.12. The van der Waals surface area contributed by atoms with Crippen LogP contribution < -0.4 is 0 Å². The van der Waals surface area contributed by atoms with Crippen LogP contribution in [-0.2, 0) is 9.53 Å². The molecule has 0 radical (unpaired) electrons. The monoisotopic (exact) mass is 264 g/mol. The topological polar surface area (TPSA) is 26.3 Å². The molecule has 1 aromatic carbocycles. The van der Waals surface area contributed by atoms with Gasteiger partial charge in [-0.15, -0.1) is 0 Å². The molecule has 1 saturated carbocycles. The van der Waals surface area contributed by atoms with Crippen molar-refractivity contribution in [2.75, 3.05) is 13.7 Å². The number of hydrogen-bond acceptors (Lipinski definition) is 2. The summed E-state index contributed by atoms with van der Waals surface area (Å²) in [5.41, 5.74) is 1.55. The minimum absolute atomic E-state index is 0.208. The number of ketones is 1. The number of carbonyl (C=O) groups excluding carboxylic acids is 1. The molecule has 1 atom stereocenters. The van der Waals surface area contributed by atoms with Gasteiger partial charge in [0.25, 0.3) is 0 Å². The van der Waals surface area contributed by atoms with Gasteiger partial charge < -0.3 is 4.74 Å². The van der Waals surface area contributed by atoms with Crippen molar-refractivity contribution in [1.82, 2.24) is 0 Å². The molecule has 0 saturated heterocycles. The second kappa shape index (κ2) is 5.25. The zero-order chi connectivity index (χ0) is 13.2. The molecule has 1 aliphatic carbocycles. The fourth-order valence-corrected chi connectivity index (χ4v) is 2.51. The van der Waals surface area contributed by atoms with Gasteiger partial charge in [0.2, 0.25) is 0 Å². The Morgan fingerprint density at radius 2 is 2.06 bits per heavy atom. The maximum absolute atomic E-state index is 12.3. The summed E-state index contributed by atoms with van der Waals surface area (Å²) in [6.45, 7) is 2.46. The number of rotatable bonds is 3. The van der Waals surface area contributed by atoms with E-state index in [1.165, 1.54) is 0 Å². The first kappa shape index (κ1) is 13.3. The van der Waals surface area contributed by atoms with Gasteiger partial charge in [-0.25, -0.2) is 0 Å². The van der Waals surface area contributed by atoms with E-state index in [0.29, 0.717) is 11.6 Å². The number of methoxy groups -OCH3 is 1. The molecule has 3 heteroatoms. The van der Waals surface area contributed by atoms with Crippen molar-refractivity contribution in [2.24, 2.45) is 5.41 Å². The Morgan fingerprint density at radius 1 is 1.39 bits per heavy atom. The van der Waals surface area contributed by atoms with Gasteiger partial charge >= 0.3 is 0 Å². The third-order valence-electron chi connectivity index (χ3n) is 3.46. The lowest BCUT2D eigenvalue weighted by Gasteiger charge is -2.19. The number of Topliss-reactive ketones (excluding diaryl/α,β-unsaturated/α-hetero) is 1. The first-order chi connectivity index (χ1) is 8.55. The summed E-state index contributed by atoms with van der Waals surface area (Å²) < 4.78 is 5.15. The first-order valence-corrected chi connectivity index (χ1v) is 6.43. The smallest absolute Gasteiger partial charge is 0.167 e. The lowest BCUT2D eigenvalue weighted by atomic mass is 9.88. The van der Waals surface area contributed by atoms with Crippen molar-refractivity contribution in [3.05, 3.63) is 40.4 Å². The SMILES string of the molecule is COCC1(C)CCC(=Cc2ccc(Cl)cc2)C1=O. The van der Waals surface area contributed by atoms with Crippen LogP contribution in [0.2, 0.25) is 5.02 Å². The molecule has 0 bridgehead atoms. The summed E-state index contributed by atoms with van der Waals surface area (Å²) in [5.74, 6) is 0.208. The van der Waals surface area contributed by atoms with Crippen LogP contribution in [0.15, 0.2) is 29.8 Å². The predicted octanol–water partition coefficient (Wildman–Crippen LogP) is 3.74. The highest BCUT2D eigenvalue weighted by Crippen LogP contribution is 2.38. The van der Waals surface area contributed by atoms with Gasteiger partial charge in [0.05, 0.1) is 12.0 Å². The van der Waals surface area contributed by atoms with Gasteiger partial charge in [-0.05, 0) is 42.2 Å². The van der Waals surface area contributed by atoms with Gasteiger partial charge in [-0.3, -0.25) is 4.79 Å². The molecule has 96 valence electrons. The molecular formula is C15H17ClO2. The van der Waals surface area contributed by atoms with Crippen LogP contribution in [0.5, 0.6) is 0 Å². The number of hydrogen-bond donors (Lipinski definition) is 0. The fraction of sp³-hybridized carbons (Fsp3) is 0.400. The molecule has 2 nitrogen and oxygen atoms in total. The Bertz CT molecular complexity index is 476. The maximum Gasteiger partial charge on any atom is 0.167 e. The molecule has 0 N–H and O–H groups in total. The van der Waals surface area contributed by atoms with E-state index in [9.17, 15) is 4.79 Å². The van der Waals surface area contributed by atoms with Crippen LogP contribution in [-0.4, -0.2) is 19.5 Å². The minimum atomic E-state index is -0.354. The van der Waals surface area contributed by atoms with Gasteiger partial charge in [-0.1, -0.05) is 30.7 Å². The number of carbonyl (C=O) groups is 1. The Balaban J connectivity index is 2.21. The normalized spacial score (nSPS) is 25.9. The molecule has 0 aromatic heterocycles. The van der Waals surface area contributed by atoms with Crippen molar-refractivity contribution in [3.63, 3.8) is 0 Å². The van der Waals surface area contributed by atoms with Crippen molar-refractivity contribution >= 4 is 23.5 Å². The number of benzene rings is 1. The predicted molar refractivity (Wildman–Crippen MR) is 73.7 cm³/mol. The molecular weight excluding hydrogens is 248 g/mol. The van der Waals surface area contributed by atoms with E-state index in [2.05, 4.69) is 0 Å². The summed E-state index contributed by atoms with van der Waals surface area (Å²) in [6.07, 6.45) is 3.64. The van der Waals surface area contributed by atoms with Crippen molar-refractivity contribution < 1.29 is 9.53 Å². The van der Waals surface area contributed by atoms with Gasteiger partial charge in [0.15, 0.2) is 5.78 Å². The maximum atomic E-state index is 12.3. The zero-order valence-electron chi connectivity index (χ0n) is 10.7. The van der Waals surface area contributed by atoms with Crippen LogP contribution in [0.1, 0.15) is 25.3 Å². The van der Waals surface area contributed by atoms with E-state index in [0.717, 1.165) is 24.0 Å². The van der Waals surface area contributed by atoms with Crippen molar-refractivity contribution in [3.8, 4) is 0 Å². The molecule has 0 spiro atoms. The quantitative estimate of drug-likeness (QED) is 0.778. The minimum Gasteiger partial charge on any atom is -0.384 e. The highest BCUT2D eigenvalue weighted by atomic mass is 35.5. The Morgan fingerprint density at radius 3 is 2.67 bits per heavy atom. The average Bonchev–Trinajstić information content (AvgIpc) is 2.61. The van der Waals surface area contributed by atoms with Gasteiger partial charge in [-0.2, -0.15) is 0 Å². The average molecular weight is 265 g/mol. The van der Waals surface area contributed by atoms with Crippen LogP contribution in [0, 0.1) is 5.41 Å². The van der Waals surface area contributed by atoms with Crippen LogP contribution in [0.25, 0.3) is 6.08 Å².